The molecule has 0 bridgehead atoms. The number of aromatic nitrogens is 3. The van der Waals surface area contributed by atoms with Crippen LogP contribution in [0.3, 0.4) is 0 Å². The fraction of sp³-hybridized carbons (Fsp3) is 0.158. The molecule has 3 aromatic rings. The van der Waals surface area contributed by atoms with Crippen molar-refractivity contribution < 1.29 is 4.74 Å². The molecule has 0 radical (unpaired) electrons. The second kappa shape index (κ2) is 6.91. The fourth-order valence-corrected chi connectivity index (χ4v) is 2.88. The predicted octanol–water partition coefficient (Wildman–Crippen LogP) is 2.40. The van der Waals surface area contributed by atoms with Gasteiger partial charge in [-0.15, -0.1) is 0 Å². The first kappa shape index (κ1) is 16.8. The van der Waals surface area contributed by atoms with Gasteiger partial charge in [0.1, 0.15) is 5.75 Å². The Labute approximate surface area is 155 Å². The number of nitrogens with zero attached hydrogens (tertiary/aromatic N) is 4. The van der Waals surface area contributed by atoms with Crippen molar-refractivity contribution in [3.05, 3.63) is 76.5 Å². The van der Waals surface area contributed by atoms with Crippen LogP contribution in [-0.4, -0.2) is 27.6 Å². The lowest BCUT2D eigenvalue weighted by molar-refractivity contribution is 0.415. The van der Waals surface area contributed by atoms with Crippen LogP contribution in [0.25, 0.3) is 0 Å². The zero-order valence-electron chi connectivity index (χ0n) is 14.9. The van der Waals surface area contributed by atoms with Gasteiger partial charge < -0.3 is 10.1 Å². The van der Waals surface area contributed by atoms with Crippen molar-refractivity contribution in [2.24, 2.45) is 4.99 Å². The zero-order chi connectivity index (χ0) is 18.8. The van der Waals surface area contributed by atoms with Gasteiger partial charge in [-0.25, -0.2) is 9.98 Å². The summed E-state index contributed by atoms with van der Waals surface area (Å²) in [6.07, 6.45) is 2.82. The zero-order valence-corrected chi connectivity index (χ0v) is 14.9. The molecule has 136 valence electrons. The number of anilines is 2. The second-order valence-electron chi connectivity index (χ2n) is 6.04. The minimum atomic E-state index is -0.536. The lowest BCUT2D eigenvalue weighted by atomic mass is 10.2. The molecule has 0 amide bonds. The van der Waals surface area contributed by atoms with Crippen molar-refractivity contribution in [2.45, 2.75) is 13.1 Å². The Kier molecular flexibility index (Phi) is 4.29. The van der Waals surface area contributed by atoms with Crippen molar-refractivity contribution >= 4 is 17.6 Å². The van der Waals surface area contributed by atoms with E-state index in [-0.39, 0.29) is 5.56 Å². The summed E-state index contributed by atoms with van der Waals surface area (Å²) in [7, 11) is 1.62. The van der Waals surface area contributed by atoms with Crippen molar-refractivity contribution in [2.75, 3.05) is 17.7 Å². The molecule has 27 heavy (non-hydrogen) atoms. The molecule has 1 aliphatic rings. The fourth-order valence-electron chi connectivity index (χ4n) is 2.88. The van der Waals surface area contributed by atoms with Crippen molar-refractivity contribution in [3.63, 3.8) is 0 Å². The van der Waals surface area contributed by atoms with E-state index in [4.69, 9.17) is 4.74 Å². The second-order valence-corrected chi connectivity index (χ2v) is 6.04. The topological polar surface area (TPSA) is 93.4 Å². The number of rotatable bonds is 3. The Balaban J connectivity index is 1.74. The summed E-state index contributed by atoms with van der Waals surface area (Å²) in [6.45, 7) is 1.79. The predicted molar refractivity (Wildman–Crippen MR) is 103 cm³/mol. The van der Waals surface area contributed by atoms with Crippen LogP contribution in [0.4, 0.5) is 11.6 Å². The Morgan fingerprint density at radius 3 is 2.59 bits per heavy atom. The third kappa shape index (κ3) is 3.37. The van der Waals surface area contributed by atoms with E-state index in [2.05, 4.69) is 25.6 Å². The van der Waals surface area contributed by atoms with Crippen LogP contribution < -0.4 is 20.9 Å². The number of ether oxygens (including phenoxy) is 1. The van der Waals surface area contributed by atoms with Gasteiger partial charge in [-0.3, -0.25) is 19.7 Å². The highest BCUT2D eigenvalue weighted by Gasteiger charge is 2.25. The number of hydrogen-bond acceptors (Lipinski definition) is 7. The van der Waals surface area contributed by atoms with E-state index < -0.39 is 6.17 Å². The molecule has 1 atom stereocenters. The molecule has 4 rings (SSSR count). The van der Waals surface area contributed by atoms with Gasteiger partial charge in [0.2, 0.25) is 11.9 Å². The van der Waals surface area contributed by atoms with E-state index in [0.29, 0.717) is 17.6 Å². The number of benzene rings is 1. The van der Waals surface area contributed by atoms with Gasteiger partial charge in [0.05, 0.1) is 7.11 Å². The monoisotopic (exact) mass is 362 g/mol. The van der Waals surface area contributed by atoms with Crippen molar-refractivity contribution in [1.82, 2.24) is 14.5 Å². The van der Waals surface area contributed by atoms with Gasteiger partial charge in [0, 0.05) is 35.4 Å². The number of methoxy groups -OCH3 is 1. The minimum absolute atomic E-state index is 0.168. The van der Waals surface area contributed by atoms with Crippen LogP contribution in [0, 0.1) is 6.92 Å². The van der Waals surface area contributed by atoms with Gasteiger partial charge in [-0.2, -0.15) is 0 Å². The van der Waals surface area contributed by atoms with Gasteiger partial charge in [-0.1, -0.05) is 0 Å². The summed E-state index contributed by atoms with van der Waals surface area (Å²) >= 11 is 0. The smallest absolute Gasteiger partial charge is 0.257 e. The number of aryl methyl sites for hydroxylation is 1. The molecule has 0 spiro atoms. The Morgan fingerprint density at radius 2 is 1.89 bits per heavy atom. The lowest BCUT2D eigenvalue weighted by Gasteiger charge is -2.27. The van der Waals surface area contributed by atoms with Crippen LogP contribution in [0.5, 0.6) is 5.75 Å². The highest BCUT2D eigenvalue weighted by atomic mass is 16.5. The summed E-state index contributed by atoms with van der Waals surface area (Å²) < 4.78 is 6.71. The number of pyridine rings is 1. The number of aliphatic imine (C=N–C) groups is 1. The molecule has 8 nitrogen and oxygen atoms in total. The molecule has 2 aromatic heterocycles. The molecular weight excluding hydrogens is 344 g/mol. The molecular formula is C19H18N6O2. The summed E-state index contributed by atoms with van der Waals surface area (Å²) in [6, 6.07) is 12.6. The van der Waals surface area contributed by atoms with Crippen LogP contribution in [0.2, 0.25) is 0 Å². The Hall–Kier alpha value is -3.68. The highest BCUT2D eigenvalue weighted by molar-refractivity contribution is 6.03. The molecule has 2 N–H and O–H groups in total. The third-order valence-electron chi connectivity index (χ3n) is 4.16. The first-order valence-electron chi connectivity index (χ1n) is 8.40. The molecule has 0 fully saturated rings. The van der Waals surface area contributed by atoms with Gasteiger partial charge in [0.15, 0.2) is 6.17 Å². The maximum absolute atomic E-state index is 12.6. The first-order valence-corrected chi connectivity index (χ1v) is 8.40. The van der Waals surface area contributed by atoms with E-state index >= 15 is 0 Å². The molecule has 1 aliphatic heterocycles. The SMILES string of the molecule is COc1ccc(NC2=NC(c3ccncc3)n3c(nc(C)cc3=O)N2)cc1. The lowest BCUT2D eigenvalue weighted by Crippen LogP contribution is -2.37. The number of nitrogens with one attached hydrogen (secondary N) is 2. The third-order valence-corrected chi connectivity index (χ3v) is 4.16. The van der Waals surface area contributed by atoms with Gasteiger partial charge >= 0.3 is 0 Å². The van der Waals surface area contributed by atoms with Crippen LogP contribution in [-0.2, 0) is 0 Å². The molecule has 1 aromatic carbocycles. The van der Waals surface area contributed by atoms with Crippen molar-refractivity contribution in [3.8, 4) is 5.75 Å². The molecule has 0 aliphatic carbocycles. The summed E-state index contributed by atoms with van der Waals surface area (Å²) in [5, 5.41) is 6.32. The summed E-state index contributed by atoms with van der Waals surface area (Å²) in [5.74, 6) is 1.70. The Bertz CT molecular complexity index is 1040. The van der Waals surface area contributed by atoms with Crippen LogP contribution >= 0.6 is 0 Å². The molecule has 0 saturated heterocycles. The molecule has 3 heterocycles. The molecule has 0 saturated carbocycles. The summed E-state index contributed by atoms with van der Waals surface area (Å²) in [5.41, 5.74) is 2.14. The molecule has 1 unspecified atom stereocenters. The van der Waals surface area contributed by atoms with Gasteiger partial charge in [0.25, 0.3) is 5.56 Å². The number of guanidine groups is 1. The maximum atomic E-state index is 12.6. The van der Waals surface area contributed by atoms with Crippen molar-refractivity contribution in [1.29, 1.82) is 0 Å². The highest BCUT2D eigenvalue weighted by Crippen LogP contribution is 2.25. The van der Waals surface area contributed by atoms with Crippen LogP contribution in [0.1, 0.15) is 17.4 Å². The largest absolute Gasteiger partial charge is 0.497 e. The van der Waals surface area contributed by atoms with Crippen LogP contribution in [0.15, 0.2) is 64.6 Å². The maximum Gasteiger partial charge on any atom is 0.257 e. The van der Waals surface area contributed by atoms with E-state index in [1.165, 1.54) is 10.6 Å². The standard InChI is InChI=1S/C19H18N6O2/c1-12-11-16(26)25-17(13-7-9-20-10-8-13)23-18(24-19(25)21-12)22-14-3-5-15(27-2)6-4-14/h3-11,17H,1-2H3,(H2,21,22,23,24). The Morgan fingerprint density at radius 1 is 1.15 bits per heavy atom. The molecule has 8 heteroatoms. The number of fused-ring (bicyclic) bond motifs is 1. The van der Waals surface area contributed by atoms with E-state index in [1.54, 1.807) is 26.4 Å². The minimum Gasteiger partial charge on any atom is -0.497 e. The van der Waals surface area contributed by atoms with E-state index in [1.807, 2.05) is 36.4 Å². The average Bonchev–Trinajstić information content (AvgIpc) is 2.68. The first-order chi connectivity index (χ1) is 13.1. The van der Waals surface area contributed by atoms with Gasteiger partial charge in [-0.05, 0) is 43.3 Å². The quantitative estimate of drug-likeness (QED) is 0.743. The summed E-state index contributed by atoms with van der Waals surface area (Å²) in [4.78, 5) is 25.8. The number of hydrogen-bond donors (Lipinski definition) is 2. The normalized spacial score (nSPS) is 15.3. The average molecular weight is 362 g/mol. The van der Waals surface area contributed by atoms with E-state index in [9.17, 15) is 4.79 Å². The van der Waals surface area contributed by atoms with E-state index in [0.717, 1.165) is 17.0 Å².